The Morgan fingerprint density at radius 2 is 2.14 bits per heavy atom. The molecule has 0 bridgehead atoms. The second-order valence-electron chi connectivity index (χ2n) is 5.23. The molecule has 0 saturated heterocycles. The molecule has 1 aromatic carbocycles. The van der Waals surface area contributed by atoms with Crippen LogP contribution in [0.2, 0.25) is 0 Å². The normalized spacial score (nSPS) is 16.6. The SMILES string of the molecule is CC(C#N)(NC(=O)CSc1ccccc1C(=O)O)C1CC1. The number of carbonyl (C=O) groups excluding carboxylic acids is 1. The van der Waals surface area contributed by atoms with Gasteiger partial charge in [0.25, 0.3) is 0 Å². The third-order valence-electron chi connectivity index (χ3n) is 3.50. The van der Waals surface area contributed by atoms with Crippen molar-refractivity contribution >= 4 is 23.6 Å². The topological polar surface area (TPSA) is 90.2 Å². The van der Waals surface area contributed by atoms with Gasteiger partial charge in [0.1, 0.15) is 5.54 Å². The van der Waals surface area contributed by atoms with E-state index in [-0.39, 0.29) is 23.1 Å². The van der Waals surface area contributed by atoms with E-state index in [1.807, 2.05) is 0 Å². The Morgan fingerprint density at radius 3 is 2.71 bits per heavy atom. The van der Waals surface area contributed by atoms with Crippen LogP contribution in [-0.4, -0.2) is 28.3 Å². The van der Waals surface area contributed by atoms with Crippen LogP contribution in [0.3, 0.4) is 0 Å². The molecular weight excluding hydrogens is 288 g/mol. The summed E-state index contributed by atoms with van der Waals surface area (Å²) >= 11 is 1.16. The van der Waals surface area contributed by atoms with Crippen LogP contribution in [0, 0.1) is 17.2 Å². The molecule has 110 valence electrons. The predicted molar refractivity (Wildman–Crippen MR) is 79.0 cm³/mol. The Labute approximate surface area is 127 Å². The van der Waals surface area contributed by atoms with E-state index in [0.29, 0.717) is 4.90 Å². The second kappa shape index (κ2) is 6.19. The summed E-state index contributed by atoms with van der Waals surface area (Å²) in [5.74, 6) is -0.953. The van der Waals surface area contributed by atoms with Gasteiger partial charge in [-0.25, -0.2) is 4.79 Å². The molecular formula is C15H16N2O3S. The van der Waals surface area contributed by atoms with Gasteiger partial charge in [-0.1, -0.05) is 12.1 Å². The van der Waals surface area contributed by atoms with E-state index in [9.17, 15) is 14.9 Å². The maximum atomic E-state index is 12.0. The molecule has 1 aliphatic rings. The molecule has 5 nitrogen and oxygen atoms in total. The number of aromatic carboxylic acids is 1. The standard InChI is InChI=1S/C15H16N2O3S/c1-15(9-16,10-6-7-10)17-13(18)8-21-12-5-3-2-4-11(12)14(19)20/h2-5,10H,6-8H2,1H3,(H,17,18)(H,19,20). The second-order valence-corrected chi connectivity index (χ2v) is 6.24. The minimum absolute atomic E-state index is 0.0916. The molecule has 1 saturated carbocycles. The van der Waals surface area contributed by atoms with Crippen LogP contribution in [0.4, 0.5) is 0 Å². The fourth-order valence-electron chi connectivity index (χ4n) is 2.12. The van der Waals surface area contributed by atoms with Crippen molar-refractivity contribution in [1.82, 2.24) is 5.32 Å². The molecule has 0 radical (unpaired) electrons. The van der Waals surface area contributed by atoms with E-state index in [0.717, 1.165) is 24.6 Å². The lowest BCUT2D eigenvalue weighted by atomic mass is 9.98. The molecule has 21 heavy (non-hydrogen) atoms. The van der Waals surface area contributed by atoms with Crippen molar-refractivity contribution in [3.63, 3.8) is 0 Å². The number of thioether (sulfide) groups is 1. The summed E-state index contributed by atoms with van der Waals surface area (Å²) in [4.78, 5) is 23.6. The van der Waals surface area contributed by atoms with Crippen molar-refractivity contribution in [2.45, 2.75) is 30.2 Å². The van der Waals surface area contributed by atoms with Gasteiger partial charge in [0.15, 0.2) is 0 Å². The molecule has 1 amide bonds. The van der Waals surface area contributed by atoms with Crippen LogP contribution in [0.15, 0.2) is 29.2 Å². The average Bonchev–Trinajstić information content (AvgIpc) is 3.30. The Hall–Kier alpha value is -2.00. The molecule has 1 aliphatic carbocycles. The van der Waals surface area contributed by atoms with Gasteiger partial charge in [0.05, 0.1) is 17.4 Å². The first-order chi connectivity index (χ1) is 9.96. The summed E-state index contributed by atoms with van der Waals surface area (Å²) in [6.45, 7) is 1.73. The van der Waals surface area contributed by atoms with Crippen molar-refractivity contribution in [2.24, 2.45) is 5.92 Å². The fraction of sp³-hybridized carbons (Fsp3) is 0.400. The van der Waals surface area contributed by atoms with Gasteiger partial charge in [-0.15, -0.1) is 11.8 Å². The first-order valence-electron chi connectivity index (χ1n) is 6.63. The van der Waals surface area contributed by atoms with Gasteiger partial charge in [-0.2, -0.15) is 5.26 Å². The van der Waals surface area contributed by atoms with E-state index in [2.05, 4.69) is 11.4 Å². The number of hydrogen-bond acceptors (Lipinski definition) is 4. The van der Waals surface area contributed by atoms with Gasteiger partial charge in [-0.3, -0.25) is 4.79 Å². The Bertz CT molecular complexity index is 607. The van der Waals surface area contributed by atoms with Crippen molar-refractivity contribution in [2.75, 3.05) is 5.75 Å². The van der Waals surface area contributed by atoms with Crippen molar-refractivity contribution < 1.29 is 14.7 Å². The molecule has 0 heterocycles. The number of amides is 1. The summed E-state index contributed by atoms with van der Waals surface area (Å²) in [5.41, 5.74) is -0.634. The van der Waals surface area contributed by atoms with Crippen molar-refractivity contribution in [3.8, 4) is 6.07 Å². The average molecular weight is 304 g/mol. The van der Waals surface area contributed by atoms with Crippen LogP contribution >= 0.6 is 11.8 Å². The summed E-state index contributed by atoms with van der Waals surface area (Å²) in [7, 11) is 0. The molecule has 2 N–H and O–H groups in total. The number of benzene rings is 1. The smallest absolute Gasteiger partial charge is 0.336 e. The molecule has 0 aromatic heterocycles. The van der Waals surface area contributed by atoms with Crippen LogP contribution < -0.4 is 5.32 Å². The van der Waals surface area contributed by atoms with Crippen molar-refractivity contribution in [3.05, 3.63) is 29.8 Å². The summed E-state index contributed by atoms with van der Waals surface area (Å²) < 4.78 is 0. The van der Waals surface area contributed by atoms with Gasteiger partial charge >= 0.3 is 5.97 Å². The zero-order chi connectivity index (χ0) is 15.5. The number of nitriles is 1. The fourth-order valence-corrected chi connectivity index (χ4v) is 2.96. The molecule has 6 heteroatoms. The van der Waals surface area contributed by atoms with E-state index < -0.39 is 11.5 Å². The zero-order valence-electron chi connectivity index (χ0n) is 11.6. The van der Waals surface area contributed by atoms with Crippen molar-refractivity contribution in [1.29, 1.82) is 5.26 Å². The minimum Gasteiger partial charge on any atom is -0.478 e. The zero-order valence-corrected chi connectivity index (χ0v) is 12.4. The van der Waals surface area contributed by atoms with E-state index in [1.54, 1.807) is 25.1 Å². The number of nitrogens with zero attached hydrogens (tertiary/aromatic N) is 1. The highest BCUT2D eigenvalue weighted by molar-refractivity contribution is 8.00. The van der Waals surface area contributed by atoms with Crippen LogP contribution in [0.1, 0.15) is 30.1 Å². The molecule has 2 rings (SSSR count). The number of nitrogens with one attached hydrogen (secondary N) is 1. The van der Waals surface area contributed by atoms with Crippen LogP contribution in [0.5, 0.6) is 0 Å². The lowest BCUT2D eigenvalue weighted by Gasteiger charge is -2.22. The van der Waals surface area contributed by atoms with Gasteiger partial charge in [0.2, 0.25) is 5.91 Å². The highest BCUT2D eigenvalue weighted by atomic mass is 32.2. The van der Waals surface area contributed by atoms with E-state index in [4.69, 9.17) is 5.11 Å². The Morgan fingerprint density at radius 1 is 1.48 bits per heavy atom. The van der Waals surface area contributed by atoms with Crippen LogP contribution in [0.25, 0.3) is 0 Å². The predicted octanol–water partition coefficient (Wildman–Crippen LogP) is 2.29. The van der Waals surface area contributed by atoms with Crippen LogP contribution in [-0.2, 0) is 4.79 Å². The summed E-state index contributed by atoms with van der Waals surface area (Å²) in [5, 5.41) is 21.0. The molecule has 1 atom stereocenters. The lowest BCUT2D eigenvalue weighted by molar-refractivity contribution is -0.119. The maximum Gasteiger partial charge on any atom is 0.336 e. The number of hydrogen-bond donors (Lipinski definition) is 2. The van der Waals surface area contributed by atoms with Gasteiger partial charge < -0.3 is 10.4 Å². The highest BCUT2D eigenvalue weighted by Crippen LogP contribution is 2.39. The van der Waals surface area contributed by atoms with E-state index in [1.165, 1.54) is 6.07 Å². The van der Waals surface area contributed by atoms with Gasteiger partial charge in [-0.05, 0) is 37.8 Å². The van der Waals surface area contributed by atoms with Gasteiger partial charge in [0, 0.05) is 4.90 Å². The minimum atomic E-state index is -1.02. The number of carbonyl (C=O) groups is 2. The molecule has 0 spiro atoms. The largest absolute Gasteiger partial charge is 0.478 e. The molecule has 1 unspecified atom stereocenters. The molecule has 0 aliphatic heterocycles. The number of carboxylic acids is 1. The first kappa shape index (κ1) is 15.4. The summed E-state index contributed by atoms with van der Waals surface area (Å²) in [6, 6.07) is 8.72. The number of carboxylic acid groups (broad SMARTS) is 1. The Balaban J connectivity index is 1.96. The third-order valence-corrected chi connectivity index (χ3v) is 4.57. The Kier molecular flexibility index (Phi) is 4.53. The summed E-state index contributed by atoms with van der Waals surface area (Å²) in [6.07, 6.45) is 1.92. The number of rotatable bonds is 6. The third kappa shape index (κ3) is 3.76. The highest BCUT2D eigenvalue weighted by Gasteiger charge is 2.42. The molecule has 1 fully saturated rings. The first-order valence-corrected chi connectivity index (χ1v) is 7.62. The lowest BCUT2D eigenvalue weighted by Crippen LogP contribution is -2.47. The maximum absolute atomic E-state index is 12.0. The molecule has 1 aromatic rings. The quantitative estimate of drug-likeness (QED) is 0.787. The monoisotopic (exact) mass is 304 g/mol. The van der Waals surface area contributed by atoms with E-state index >= 15 is 0 Å².